The van der Waals surface area contributed by atoms with Crippen molar-refractivity contribution in [3.8, 4) is 0 Å². The van der Waals surface area contributed by atoms with Crippen LogP contribution in [0, 0.1) is 15.9 Å². The minimum absolute atomic E-state index is 0.168. The van der Waals surface area contributed by atoms with E-state index in [1.807, 2.05) is 0 Å². The number of nitro benzene ring substituents is 1. The molecule has 1 rings (SSSR count). The van der Waals surface area contributed by atoms with Gasteiger partial charge < -0.3 is 10.1 Å². The lowest BCUT2D eigenvalue weighted by atomic mass is 10.2. The summed E-state index contributed by atoms with van der Waals surface area (Å²) in [5.41, 5.74) is -0.746. The van der Waals surface area contributed by atoms with Crippen LogP contribution in [-0.4, -0.2) is 23.4 Å². The Balaban J connectivity index is 2.81. The van der Waals surface area contributed by atoms with Crippen LogP contribution in [0.3, 0.4) is 0 Å². The van der Waals surface area contributed by atoms with Crippen LogP contribution in [0.4, 0.5) is 15.8 Å². The maximum absolute atomic E-state index is 12.8. The molecule has 0 bridgehead atoms. The lowest BCUT2D eigenvalue weighted by molar-refractivity contribution is -0.384. The predicted octanol–water partition coefficient (Wildman–Crippen LogP) is 1.24. The molecule has 0 atom stereocenters. The topological polar surface area (TPSA) is 98.5 Å². The van der Waals surface area contributed by atoms with Crippen LogP contribution in [0.1, 0.15) is 6.92 Å². The highest BCUT2D eigenvalue weighted by Gasteiger charge is 2.17. The maximum atomic E-state index is 12.8. The fourth-order valence-electron chi connectivity index (χ4n) is 1.12. The zero-order valence-electron chi connectivity index (χ0n) is 9.31. The van der Waals surface area contributed by atoms with Gasteiger partial charge in [-0.1, -0.05) is 0 Å². The van der Waals surface area contributed by atoms with Gasteiger partial charge in [0.15, 0.2) is 6.61 Å². The Hall–Kier alpha value is -2.51. The van der Waals surface area contributed by atoms with Crippen LogP contribution >= 0.6 is 0 Å². The monoisotopic (exact) mass is 256 g/mol. The predicted molar refractivity (Wildman–Crippen MR) is 58.3 cm³/mol. The number of hydrogen-bond donors (Lipinski definition) is 1. The van der Waals surface area contributed by atoms with Crippen molar-refractivity contribution in [2.45, 2.75) is 6.92 Å². The molecule has 0 aromatic heterocycles. The van der Waals surface area contributed by atoms with Crippen molar-refractivity contribution in [3.63, 3.8) is 0 Å². The van der Waals surface area contributed by atoms with Crippen LogP contribution in [0.15, 0.2) is 18.2 Å². The van der Waals surface area contributed by atoms with Crippen LogP contribution in [0.5, 0.6) is 0 Å². The number of ether oxygens (including phenoxy) is 1. The van der Waals surface area contributed by atoms with Crippen LogP contribution in [0.2, 0.25) is 0 Å². The third-order valence-corrected chi connectivity index (χ3v) is 1.84. The second kappa shape index (κ2) is 5.71. The molecule has 0 saturated heterocycles. The molecule has 96 valence electrons. The Bertz CT molecular complexity index is 503. The van der Waals surface area contributed by atoms with Crippen molar-refractivity contribution in [1.82, 2.24) is 0 Å². The molecule has 8 heteroatoms. The van der Waals surface area contributed by atoms with Crippen molar-refractivity contribution in [2.24, 2.45) is 0 Å². The summed E-state index contributed by atoms with van der Waals surface area (Å²) in [6, 6.07) is 2.70. The highest BCUT2D eigenvalue weighted by molar-refractivity contribution is 5.94. The third-order valence-electron chi connectivity index (χ3n) is 1.84. The molecule has 0 heterocycles. The summed E-state index contributed by atoms with van der Waals surface area (Å²) in [5, 5.41) is 12.8. The molecule has 1 N–H and O–H groups in total. The summed E-state index contributed by atoms with van der Waals surface area (Å²) < 4.78 is 17.2. The van der Waals surface area contributed by atoms with Crippen molar-refractivity contribution in [2.75, 3.05) is 11.9 Å². The molecule has 0 spiro atoms. The first-order valence-electron chi connectivity index (χ1n) is 4.77. The first-order chi connectivity index (χ1) is 8.40. The van der Waals surface area contributed by atoms with Gasteiger partial charge in [-0.3, -0.25) is 19.7 Å². The van der Waals surface area contributed by atoms with Gasteiger partial charge in [-0.2, -0.15) is 0 Å². The van der Waals surface area contributed by atoms with E-state index in [1.165, 1.54) is 0 Å². The van der Waals surface area contributed by atoms with Gasteiger partial charge in [0.05, 0.1) is 11.0 Å². The minimum atomic E-state index is -0.829. The lowest BCUT2D eigenvalue weighted by Crippen LogP contribution is -2.20. The number of benzene rings is 1. The standard InChI is InChI=1S/C10H9FN2O5/c1-6(14)18-5-10(15)12-8-3-2-7(11)4-9(8)13(16)17/h2-4H,5H2,1H3,(H,12,15). The minimum Gasteiger partial charge on any atom is -0.456 e. The smallest absolute Gasteiger partial charge is 0.303 e. The average Bonchev–Trinajstić information content (AvgIpc) is 2.28. The Morgan fingerprint density at radius 2 is 2.17 bits per heavy atom. The highest BCUT2D eigenvalue weighted by Crippen LogP contribution is 2.24. The number of carbonyl (C=O) groups is 2. The van der Waals surface area contributed by atoms with E-state index in [0.717, 1.165) is 19.1 Å². The molecular formula is C10H9FN2O5. The molecule has 0 saturated carbocycles. The number of halogens is 1. The van der Waals surface area contributed by atoms with E-state index in [2.05, 4.69) is 10.1 Å². The van der Waals surface area contributed by atoms with Gasteiger partial charge >= 0.3 is 5.97 Å². The largest absolute Gasteiger partial charge is 0.456 e. The third kappa shape index (κ3) is 3.81. The van der Waals surface area contributed by atoms with Gasteiger partial charge in [-0.05, 0) is 12.1 Å². The van der Waals surface area contributed by atoms with Crippen molar-refractivity contribution in [1.29, 1.82) is 0 Å². The second-order valence-electron chi connectivity index (χ2n) is 3.25. The molecule has 0 aliphatic rings. The van der Waals surface area contributed by atoms with Gasteiger partial charge in [0.1, 0.15) is 11.5 Å². The number of anilines is 1. The molecule has 0 aliphatic heterocycles. The summed E-state index contributed by atoms with van der Waals surface area (Å²) >= 11 is 0. The molecule has 0 fully saturated rings. The van der Waals surface area contributed by atoms with Gasteiger partial charge in [-0.25, -0.2) is 4.39 Å². The number of carbonyl (C=O) groups excluding carboxylic acids is 2. The van der Waals surface area contributed by atoms with Gasteiger partial charge in [0, 0.05) is 6.92 Å². The number of hydrogen-bond acceptors (Lipinski definition) is 5. The summed E-state index contributed by atoms with van der Waals surface area (Å²) in [4.78, 5) is 31.5. The Kier molecular flexibility index (Phi) is 4.30. The van der Waals surface area contributed by atoms with E-state index in [1.54, 1.807) is 0 Å². The van der Waals surface area contributed by atoms with Crippen LogP contribution in [0.25, 0.3) is 0 Å². The molecular weight excluding hydrogens is 247 g/mol. The number of amides is 1. The first-order valence-corrected chi connectivity index (χ1v) is 4.77. The molecule has 0 aliphatic carbocycles. The van der Waals surface area contributed by atoms with Crippen LogP contribution in [-0.2, 0) is 14.3 Å². The lowest BCUT2D eigenvalue weighted by Gasteiger charge is -2.05. The van der Waals surface area contributed by atoms with E-state index >= 15 is 0 Å². The number of esters is 1. The van der Waals surface area contributed by atoms with E-state index in [0.29, 0.717) is 6.07 Å². The Morgan fingerprint density at radius 3 is 2.72 bits per heavy atom. The zero-order chi connectivity index (χ0) is 13.7. The summed E-state index contributed by atoms with van der Waals surface area (Å²) in [7, 11) is 0. The number of nitrogens with zero attached hydrogens (tertiary/aromatic N) is 1. The Labute approximate surface area is 101 Å². The van der Waals surface area contributed by atoms with E-state index in [-0.39, 0.29) is 5.69 Å². The average molecular weight is 256 g/mol. The zero-order valence-corrected chi connectivity index (χ0v) is 9.31. The van der Waals surface area contributed by atoms with E-state index in [4.69, 9.17) is 0 Å². The fraction of sp³-hybridized carbons (Fsp3) is 0.200. The fourth-order valence-corrected chi connectivity index (χ4v) is 1.12. The van der Waals surface area contributed by atoms with Gasteiger partial charge in [-0.15, -0.1) is 0 Å². The number of nitro groups is 1. The second-order valence-corrected chi connectivity index (χ2v) is 3.25. The summed E-state index contributed by atoms with van der Waals surface area (Å²) in [5.74, 6) is -2.20. The molecule has 0 radical (unpaired) electrons. The molecule has 18 heavy (non-hydrogen) atoms. The number of rotatable bonds is 4. The normalized spacial score (nSPS) is 9.67. The van der Waals surface area contributed by atoms with E-state index < -0.39 is 34.9 Å². The van der Waals surface area contributed by atoms with Crippen molar-refractivity contribution in [3.05, 3.63) is 34.1 Å². The first kappa shape index (κ1) is 13.6. The highest BCUT2D eigenvalue weighted by atomic mass is 19.1. The summed E-state index contributed by atoms with van der Waals surface area (Å²) in [6.45, 7) is 0.553. The summed E-state index contributed by atoms with van der Waals surface area (Å²) in [6.07, 6.45) is 0. The molecule has 1 aromatic carbocycles. The molecule has 1 amide bonds. The molecule has 1 aromatic rings. The molecule has 0 unspecified atom stereocenters. The van der Waals surface area contributed by atoms with Crippen molar-refractivity contribution < 1.29 is 23.6 Å². The van der Waals surface area contributed by atoms with Gasteiger partial charge in [0.25, 0.3) is 11.6 Å². The number of nitrogens with one attached hydrogen (secondary N) is 1. The van der Waals surface area contributed by atoms with Crippen LogP contribution < -0.4 is 5.32 Å². The SMILES string of the molecule is CC(=O)OCC(=O)Nc1ccc(F)cc1[N+](=O)[O-]. The molecule has 7 nitrogen and oxygen atoms in total. The van der Waals surface area contributed by atoms with Gasteiger partial charge in [0.2, 0.25) is 0 Å². The Morgan fingerprint density at radius 1 is 1.50 bits per heavy atom. The van der Waals surface area contributed by atoms with E-state index in [9.17, 15) is 24.1 Å². The quantitative estimate of drug-likeness (QED) is 0.496. The van der Waals surface area contributed by atoms with Crippen molar-refractivity contribution >= 4 is 23.3 Å². The maximum Gasteiger partial charge on any atom is 0.303 e.